The first-order valence-electron chi connectivity index (χ1n) is 15.9. The first-order chi connectivity index (χ1) is 22.1. The molecule has 1 aromatic carbocycles. The number of piperazine rings is 1. The Labute approximate surface area is 266 Å². The first-order valence-corrected chi connectivity index (χ1v) is 15.9. The molecule has 1 saturated heterocycles. The van der Waals surface area contributed by atoms with Crippen molar-refractivity contribution < 1.29 is 37.7 Å². The number of aliphatic hydroxyl groups excluding tert-OH is 1. The second kappa shape index (κ2) is 16.0. The summed E-state index contributed by atoms with van der Waals surface area (Å²) in [5.41, 5.74) is 3.88. The lowest BCUT2D eigenvalue weighted by Gasteiger charge is -2.34. The summed E-state index contributed by atoms with van der Waals surface area (Å²) in [6.07, 6.45) is 1.23. The van der Waals surface area contributed by atoms with Crippen LogP contribution in [0, 0.1) is 0 Å². The van der Waals surface area contributed by atoms with Crippen LogP contribution in [0.5, 0.6) is 0 Å². The summed E-state index contributed by atoms with van der Waals surface area (Å²) in [6.45, 7) is 6.08. The second-order valence-electron chi connectivity index (χ2n) is 12.0. The van der Waals surface area contributed by atoms with Gasteiger partial charge in [-0.3, -0.25) is 9.80 Å². The minimum Gasteiger partial charge on any atom is -0.480 e. The zero-order valence-corrected chi connectivity index (χ0v) is 25.9. The summed E-state index contributed by atoms with van der Waals surface area (Å²) in [5.74, 6) is -0.814. The van der Waals surface area contributed by atoms with Gasteiger partial charge in [0.05, 0.1) is 32.3 Å². The van der Waals surface area contributed by atoms with Gasteiger partial charge < -0.3 is 29.6 Å². The zero-order chi connectivity index (χ0) is 32.5. The SMILES string of the molecule is O=C(O)COCCOCCN1CCN(Cc2ccc(-c3cn([C@H]4CC[C@H](O)CC4)c4nc(NCCC(F)(F)F)ncc34)cc2)CC1. The van der Waals surface area contributed by atoms with Crippen molar-refractivity contribution in [1.82, 2.24) is 24.3 Å². The molecule has 3 aromatic rings. The molecule has 2 fully saturated rings. The number of aliphatic carboxylic acids is 1. The quantitative estimate of drug-likeness (QED) is 0.207. The summed E-state index contributed by atoms with van der Waals surface area (Å²) in [7, 11) is 0. The molecule has 1 aliphatic heterocycles. The van der Waals surface area contributed by atoms with Gasteiger partial charge in [0.25, 0.3) is 0 Å². The van der Waals surface area contributed by atoms with Crippen molar-refractivity contribution in [3.05, 3.63) is 42.2 Å². The van der Waals surface area contributed by atoms with Crippen molar-refractivity contribution in [3.63, 3.8) is 0 Å². The molecule has 3 heterocycles. The summed E-state index contributed by atoms with van der Waals surface area (Å²) >= 11 is 0. The van der Waals surface area contributed by atoms with E-state index in [4.69, 9.17) is 14.6 Å². The minimum absolute atomic E-state index is 0.139. The fourth-order valence-electron chi connectivity index (χ4n) is 6.07. The Hall–Kier alpha value is -3.30. The van der Waals surface area contributed by atoms with Crippen LogP contribution in [0.1, 0.15) is 43.7 Å². The molecule has 11 nitrogen and oxygen atoms in total. The van der Waals surface area contributed by atoms with Crippen molar-refractivity contribution >= 4 is 23.0 Å². The molecule has 1 aliphatic carbocycles. The van der Waals surface area contributed by atoms with Gasteiger partial charge >= 0.3 is 12.1 Å². The monoisotopic (exact) mass is 648 g/mol. The van der Waals surface area contributed by atoms with Gasteiger partial charge in [0.2, 0.25) is 5.95 Å². The average molecular weight is 649 g/mol. The highest BCUT2D eigenvalue weighted by Gasteiger charge is 2.27. The number of anilines is 1. The number of carbonyl (C=O) groups is 1. The summed E-state index contributed by atoms with van der Waals surface area (Å²) in [6, 6.07) is 8.61. The molecule has 3 N–H and O–H groups in total. The minimum atomic E-state index is -4.26. The Morgan fingerprint density at radius 3 is 2.37 bits per heavy atom. The van der Waals surface area contributed by atoms with Crippen LogP contribution in [0.3, 0.4) is 0 Å². The van der Waals surface area contributed by atoms with E-state index in [0.717, 1.165) is 68.6 Å². The molecule has 14 heteroatoms. The van der Waals surface area contributed by atoms with Crippen molar-refractivity contribution in [2.45, 2.75) is 57.0 Å². The number of aromatic nitrogens is 3. The highest BCUT2D eigenvalue weighted by Crippen LogP contribution is 2.37. The number of nitrogens with one attached hydrogen (secondary N) is 1. The van der Waals surface area contributed by atoms with Crippen molar-refractivity contribution in [3.8, 4) is 11.1 Å². The molecule has 0 spiro atoms. The Morgan fingerprint density at radius 1 is 0.978 bits per heavy atom. The van der Waals surface area contributed by atoms with Crippen LogP contribution in [0.2, 0.25) is 0 Å². The van der Waals surface area contributed by atoms with E-state index in [1.807, 2.05) is 0 Å². The summed E-state index contributed by atoms with van der Waals surface area (Å²) < 4.78 is 50.7. The molecule has 252 valence electrons. The van der Waals surface area contributed by atoms with Crippen LogP contribution in [0.4, 0.5) is 19.1 Å². The Balaban J connectivity index is 1.18. The van der Waals surface area contributed by atoms with E-state index in [0.29, 0.717) is 31.7 Å². The van der Waals surface area contributed by atoms with E-state index in [-0.39, 0.29) is 37.9 Å². The van der Waals surface area contributed by atoms with Gasteiger partial charge in [0, 0.05) is 75.2 Å². The lowest BCUT2D eigenvalue weighted by atomic mass is 9.93. The van der Waals surface area contributed by atoms with E-state index in [1.165, 1.54) is 5.56 Å². The number of halogens is 3. The fourth-order valence-corrected chi connectivity index (χ4v) is 6.07. The Kier molecular flexibility index (Phi) is 11.8. The first kappa shape index (κ1) is 34.0. The number of carboxylic acid groups (broad SMARTS) is 1. The fraction of sp³-hybridized carbons (Fsp3) is 0.594. The van der Waals surface area contributed by atoms with Gasteiger partial charge in [0.15, 0.2) is 0 Å². The van der Waals surface area contributed by atoms with Gasteiger partial charge in [0.1, 0.15) is 12.3 Å². The van der Waals surface area contributed by atoms with Gasteiger partial charge in [-0.15, -0.1) is 0 Å². The lowest BCUT2D eigenvalue weighted by Crippen LogP contribution is -2.46. The normalized spacial score (nSPS) is 19.9. The van der Waals surface area contributed by atoms with Crippen LogP contribution in [-0.4, -0.2) is 118 Å². The topological polar surface area (TPSA) is 125 Å². The Bertz CT molecular complexity index is 1400. The molecule has 0 unspecified atom stereocenters. The van der Waals surface area contributed by atoms with E-state index in [1.54, 1.807) is 6.20 Å². The molecular formula is C32H43F3N6O5. The maximum Gasteiger partial charge on any atom is 0.390 e. The number of aliphatic hydroxyl groups is 1. The third kappa shape index (κ3) is 9.85. The van der Waals surface area contributed by atoms with E-state index in [9.17, 15) is 23.1 Å². The van der Waals surface area contributed by atoms with E-state index in [2.05, 4.69) is 60.1 Å². The van der Waals surface area contributed by atoms with Crippen molar-refractivity contribution in [2.24, 2.45) is 0 Å². The smallest absolute Gasteiger partial charge is 0.390 e. The predicted molar refractivity (Wildman–Crippen MR) is 167 cm³/mol. The van der Waals surface area contributed by atoms with Crippen LogP contribution in [0.25, 0.3) is 22.2 Å². The summed E-state index contributed by atoms with van der Waals surface area (Å²) in [5, 5.41) is 22.2. The third-order valence-corrected chi connectivity index (χ3v) is 8.61. The highest BCUT2D eigenvalue weighted by atomic mass is 19.4. The molecule has 46 heavy (non-hydrogen) atoms. The lowest BCUT2D eigenvalue weighted by molar-refractivity contribution is -0.142. The van der Waals surface area contributed by atoms with E-state index >= 15 is 0 Å². The molecule has 0 bridgehead atoms. The maximum atomic E-state index is 12.7. The number of carboxylic acids is 1. The largest absolute Gasteiger partial charge is 0.480 e. The van der Waals surface area contributed by atoms with Gasteiger partial charge in [-0.2, -0.15) is 18.2 Å². The number of fused-ring (bicyclic) bond motifs is 1. The molecule has 0 atom stereocenters. The summed E-state index contributed by atoms with van der Waals surface area (Å²) in [4.78, 5) is 24.2. The van der Waals surface area contributed by atoms with Gasteiger partial charge in [-0.1, -0.05) is 24.3 Å². The number of hydrogen-bond donors (Lipinski definition) is 3. The molecule has 2 aromatic heterocycles. The van der Waals surface area contributed by atoms with Crippen molar-refractivity contribution in [1.29, 1.82) is 0 Å². The molecule has 0 radical (unpaired) electrons. The number of hydrogen-bond acceptors (Lipinski definition) is 9. The van der Waals surface area contributed by atoms with Crippen LogP contribution >= 0.6 is 0 Å². The molecule has 5 rings (SSSR count). The zero-order valence-electron chi connectivity index (χ0n) is 25.9. The number of alkyl halides is 3. The van der Waals surface area contributed by atoms with Crippen LogP contribution < -0.4 is 5.32 Å². The van der Waals surface area contributed by atoms with Crippen molar-refractivity contribution in [2.75, 3.05) is 71.0 Å². The maximum absolute atomic E-state index is 12.7. The van der Waals surface area contributed by atoms with Gasteiger partial charge in [-0.25, -0.2) is 9.78 Å². The van der Waals surface area contributed by atoms with Crippen LogP contribution in [0.15, 0.2) is 36.7 Å². The Morgan fingerprint density at radius 2 is 1.67 bits per heavy atom. The van der Waals surface area contributed by atoms with Crippen LogP contribution in [-0.2, 0) is 20.8 Å². The molecule has 1 saturated carbocycles. The van der Waals surface area contributed by atoms with E-state index < -0.39 is 18.6 Å². The number of ether oxygens (including phenoxy) is 2. The second-order valence-corrected chi connectivity index (χ2v) is 12.0. The predicted octanol–water partition coefficient (Wildman–Crippen LogP) is 4.17. The molecule has 0 amide bonds. The molecular weight excluding hydrogens is 605 g/mol. The standard InChI is InChI=1S/C32H43F3N6O5/c33-32(34,35)9-10-36-31-37-19-27-28(21-41(30(27)38-31)25-5-7-26(42)8-6-25)24-3-1-23(2-4-24)20-40-13-11-39(12-14-40)15-16-45-17-18-46-22-29(43)44/h1-4,19,21,25-26,42H,5-18,20,22H2,(H,43,44)(H,36,37,38)/t25-,26-. The number of rotatable bonds is 15. The van der Waals surface area contributed by atoms with Gasteiger partial charge in [-0.05, 0) is 36.8 Å². The molecule has 2 aliphatic rings. The number of benzene rings is 1. The average Bonchev–Trinajstić information content (AvgIpc) is 3.40. The highest BCUT2D eigenvalue weighted by molar-refractivity contribution is 5.94. The number of nitrogens with zero attached hydrogens (tertiary/aromatic N) is 5. The third-order valence-electron chi connectivity index (χ3n) is 8.61.